The zero-order chi connectivity index (χ0) is 46.5. The fourth-order valence-electron chi connectivity index (χ4n) is 10.8. The summed E-state index contributed by atoms with van der Waals surface area (Å²) in [6.07, 6.45) is 0. The van der Waals surface area contributed by atoms with Crippen molar-refractivity contribution in [1.29, 1.82) is 0 Å². The van der Waals surface area contributed by atoms with Crippen LogP contribution in [0.15, 0.2) is 246 Å². The van der Waals surface area contributed by atoms with Gasteiger partial charge in [0.2, 0.25) is 0 Å². The van der Waals surface area contributed by atoms with E-state index in [0.717, 1.165) is 111 Å². The molecule has 7 nitrogen and oxygen atoms in total. The number of hydrogen-bond acceptors (Lipinski definition) is 3. The molecule has 70 heavy (non-hydrogen) atoms. The molecule has 0 spiro atoms. The summed E-state index contributed by atoms with van der Waals surface area (Å²) < 4.78 is 8.10. The molecule has 7 heteroatoms. The van der Waals surface area contributed by atoms with Crippen LogP contribution in [0.2, 0.25) is 0 Å². The van der Waals surface area contributed by atoms with Gasteiger partial charge in [0, 0.05) is 55.2 Å². The van der Waals surface area contributed by atoms with Gasteiger partial charge in [-0.25, -0.2) is 4.98 Å². The third kappa shape index (κ3) is 5.98. The van der Waals surface area contributed by atoms with Gasteiger partial charge in [-0.15, -0.1) is 0 Å². The first kappa shape index (κ1) is 39.6. The summed E-state index contributed by atoms with van der Waals surface area (Å²) in [5, 5.41) is 7.35. The lowest BCUT2D eigenvalue weighted by atomic mass is 9.98. The van der Waals surface area contributed by atoms with Crippen molar-refractivity contribution in [1.82, 2.24) is 23.3 Å². The molecule has 14 rings (SSSR count). The molecule has 0 saturated heterocycles. The molecule has 0 N–H and O–H groups in total. The zero-order valence-corrected chi connectivity index (χ0v) is 37.6. The number of nitrogens with zero attached hydrogens (tertiary/aromatic N) is 5. The van der Waals surface area contributed by atoms with Crippen LogP contribution in [0, 0.1) is 0 Å². The normalized spacial score (nSPS) is 11.8. The molecule has 0 saturated carbocycles. The van der Waals surface area contributed by atoms with Gasteiger partial charge in [-0.1, -0.05) is 121 Å². The second-order valence-corrected chi connectivity index (χ2v) is 17.9. The van der Waals surface area contributed by atoms with Gasteiger partial charge >= 0.3 is 0 Å². The Balaban J connectivity index is 0.862. The van der Waals surface area contributed by atoms with E-state index >= 15 is 0 Å². The van der Waals surface area contributed by atoms with Crippen LogP contribution in [-0.4, -0.2) is 23.3 Å². The Morgan fingerprint density at radius 3 is 1.33 bits per heavy atom. The summed E-state index contributed by atoms with van der Waals surface area (Å²) in [5.74, 6) is 0.836. The fourth-order valence-corrected chi connectivity index (χ4v) is 10.8. The maximum atomic E-state index is 14.7. The predicted octanol–water partition coefficient (Wildman–Crippen LogP) is 14.4. The average Bonchev–Trinajstić information content (AvgIpc) is 3.97. The molecule has 0 atom stereocenters. The number of pyridine rings is 2. The molecular weight excluding hydrogens is 859 g/mol. The van der Waals surface area contributed by atoms with Crippen LogP contribution in [0.4, 0.5) is 0 Å². The van der Waals surface area contributed by atoms with E-state index in [1.54, 1.807) is 0 Å². The van der Waals surface area contributed by atoms with E-state index in [4.69, 9.17) is 4.98 Å². The van der Waals surface area contributed by atoms with Crippen LogP contribution >= 0.6 is 0 Å². The van der Waals surface area contributed by atoms with E-state index in [9.17, 15) is 9.59 Å². The highest BCUT2D eigenvalue weighted by Gasteiger charge is 2.20. The first-order valence-electron chi connectivity index (χ1n) is 23.5. The molecule has 0 aliphatic carbocycles. The van der Waals surface area contributed by atoms with E-state index in [2.05, 4.69) is 118 Å². The summed E-state index contributed by atoms with van der Waals surface area (Å²) in [6.45, 7) is 0. The van der Waals surface area contributed by atoms with Crippen LogP contribution in [0.5, 0.6) is 0 Å². The topological polar surface area (TPSA) is 66.8 Å². The minimum Gasteiger partial charge on any atom is -0.309 e. The minimum absolute atomic E-state index is 0.0561. The third-order valence-corrected chi connectivity index (χ3v) is 14.0. The summed E-state index contributed by atoms with van der Waals surface area (Å²) in [6, 6.07) is 80.2. The molecule has 10 aromatic carbocycles. The van der Waals surface area contributed by atoms with Crippen LogP contribution in [0.3, 0.4) is 0 Å². The Hall–Kier alpha value is -9.59. The van der Waals surface area contributed by atoms with Crippen molar-refractivity contribution in [2.45, 2.75) is 0 Å². The quantitative estimate of drug-likeness (QED) is 0.156. The number of rotatable bonds is 6. The molecule has 0 aliphatic rings. The first-order valence-corrected chi connectivity index (χ1v) is 23.5. The summed E-state index contributed by atoms with van der Waals surface area (Å²) in [7, 11) is 0. The van der Waals surface area contributed by atoms with Crippen molar-refractivity contribution in [3.8, 4) is 45.3 Å². The van der Waals surface area contributed by atoms with Crippen LogP contribution in [0.25, 0.3) is 121 Å². The molecule has 4 heterocycles. The van der Waals surface area contributed by atoms with E-state index in [-0.39, 0.29) is 11.1 Å². The Morgan fingerprint density at radius 2 is 0.700 bits per heavy atom. The second kappa shape index (κ2) is 15.5. The summed E-state index contributed by atoms with van der Waals surface area (Å²) in [5.41, 5.74) is 12.2. The summed E-state index contributed by atoms with van der Waals surface area (Å²) in [4.78, 5) is 34.3. The van der Waals surface area contributed by atoms with E-state index < -0.39 is 0 Å². The molecule has 0 aliphatic heterocycles. The van der Waals surface area contributed by atoms with Crippen molar-refractivity contribution in [3.63, 3.8) is 0 Å². The monoisotopic (exact) mass is 897 g/mol. The molecule has 328 valence electrons. The van der Waals surface area contributed by atoms with E-state index in [1.807, 2.05) is 137 Å². The lowest BCUT2D eigenvalue weighted by Gasteiger charge is -2.15. The van der Waals surface area contributed by atoms with E-state index in [1.165, 1.54) is 0 Å². The van der Waals surface area contributed by atoms with Gasteiger partial charge < -0.3 is 4.57 Å². The fraction of sp³-hybridized carbons (Fsp3) is 0. The highest BCUT2D eigenvalue weighted by Crippen LogP contribution is 2.38. The highest BCUT2D eigenvalue weighted by molar-refractivity contribution is 6.18. The average molecular weight is 898 g/mol. The Morgan fingerprint density at radius 1 is 0.257 bits per heavy atom. The standard InChI is InChI=1S/C63H39N5O2/c69-62-50-36-31-42(37-51(50)47-19-7-12-24-57(47)68(62)46-34-29-41(30-35-46)61-64-55-22-10-14-26-59(55)66(61)43-15-3-1-4-16-43)40-27-32-45(33-28-40)65-56-23-11-9-21-49(56)53-38-52-48-20-8-13-25-58(48)67(44-17-5-2-6-18-44)63(70)54(52)39-60(53)65/h1-39H. The molecular formula is C63H39N5O2. The Labute approximate surface area is 400 Å². The number of benzene rings is 10. The maximum absolute atomic E-state index is 14.7. The Kier molecular flexibility index (Phi) is 8.75. The van der Waals surface area contributed by atoms with Gasteiger partial charge in [-0.3, -0.25) is 23.3 Å². The van der Waals surface area contributed by atoms with Crippen molar-refractivity contribution in [3.05, 3.63) is 257 Å². The van der Waals surface area contributed by atoms with Crippen LogP contribution in [-0.2, 0) is 0 Å². The van der Waals surface area contributed by atoms with Crippen LogP contribution < -0.4 is 11.1 Å². The molecule has 0 fully saturated rings. The second-order valence-electron chi connectivity index (χ2n) is 17.9. The van der Waals surface area contributed by atoms with Gasteiger partial charge in [0.15, 0.2) is 0 Å². The van der Waals surface area contributed by atoms with Gasteiger partial charge in [-0.05, 0) is 137 Å². The molecule has 0 bridgehead atoms. The summed E-state index contributed by atoms with van der Waals surface area (Å²) >= 11 is 0. The van der Waals surface area contributed by atoms with Crippen LogP contribution in [0.1, 0.15) is 0 Å². The molecule has 0 radical (unpaired) electrons. The molecule has 0 unspecified atom stereocenters. The first-order chi connectivity index (χ1) is 34.6. The number of imidazole rings is 1. The SMILES string of the molecule is O=c1c2ccc(-c3ccc(-n4c5ccccc5c5cc6c(cc54)c(=O)n(-c4ccccc4)c4ccccc64)cc3)cc2c2ccccc2n1-c1ccc(-c2nc3ccccc3n2-c2ccccc2)cc1. The largest absolute Gasteiger partial charge is 0.309 e. The third-order valence-electron chi connectivity index (χ3n) is 14.0. The zero-order valence-electron chi connectivity index (χ0n) is 37.6. The van der Waals surface area contributed by atoms with E-state index in [0.29, 0.717) is 10.8 Å². The number of aromatic nitrogens is 5. The molecule has 4 aromatic heterocycles. The lowest BCUT2D eigenvalue weighted by Crippen LogP contribution is -2.19. The van der Waals surface area contributed by atoms with Gasteiger partial charge in [0.1, 0.15) is 5.82 Å². The number of para-hydroxylation sites is 7. The van der Waals surface area contributed by atoms with Gasteiger partial charge in [-0.2, -0.15) is 0 Å². The van der Waals surface area contributed by atoms with Crippen molar-refractivity contribution in [2.24, 2.45) is 0 Å². The van der Waals surface area contributed by atoms with Gasteiger partial charge in [0.25, 0.3) is 11.1 Å². The molecule has 14 aromatic rings. The number of hydrogen-bond donors (Lipinski definition) is 0. The smallest absolute Gasteiger partial charge is 0.263 e. The highest BCUT2D eigenvalue weighted by atomic mass is 16.1. The lowest BCUT2D eigenvalue weighted by molar-refractivity contribution is 1.06. The Bertz CT molecular complexity index is 4550. The predicted molar refractivity (Wildman–Crippen MR) is 287 cm³/mol. The maximum Gasteiger partial charge on any atom is 0.263 e. The van der Waals surface area contributed by atoms with Crippen molar-refractivity contribution < 1.29 is 0 Å². The molecule has 0 amide bonds. The van der Waals surface area contributed by atoms with Gasteiger partial charge in [0.05, 0.1) is 38.5 Å². The van der Waals surface area contributed by atoms with Crippen molar-refractivity contribution >= 4 is 76.2 Å². The number of fused-ring (bicyclic) bond motifs is 10. The van der Waals surface area contributed by atoms with Crippen molar-refractivity contribution in [2.75, 3.05) is 0 Å². The minimum atomic E-state index is -0.0812.